The minimum Gasteiger partial charge on any atom is -0.495 e. The smallest absolute Gasteiger partial charge is 0.422 e. The van der Waals surface area contributed by atoms with Gasteiger partial charge in [0, 0.05) is 22.5 Å². The van der Waals surface area contributed by atoms with E-state index in [2.05, 4.69) is 14.4 Å². The number of ether oxygens (including phenoxy) is 1. The zero-order valence-electron chi connectivity index (χ0n) is 19.4. The number of fused-ring (bicyclic) bond motifs is 1. The first-order chi connectivity index (χ1) is 17.8. The summed E-state index contributed by atoms with van der Waals surface area (Å²) >= 11 is 6.40. The summed E-state index contributed by atoms with van der Waals surface area (Å²) in [4.78, 5) is 12.8. The van der Waals surface area contributed by atoms with Crippen molar-refractivity contribution in [2.45, 2.75) is 35.5 Å². The van der Waals surface area contributed by atoms with Crippen molar-refractivity contribution in [2.75, 3.05) is 11.8 Å². The number of aromatic nitrogens is 2. The van der Waals surface area contributed by atoms with E-state index in [0.29, 0.717) is 10.9 Å². The van der Waals surface area contributed by atoms with Gasteiger partial charge >= 0.3 is 6.18 Å². The molecular formula is C24H18ClF4N3O5S. The average Bonchev–Trinajstić information content (AvgIpc) is 3.33. The fraction of sp³-hybridized carbons (Fsp3) is 0.250. The van der Waals surface area contributed by atoms with E-state index in [9.17, 15) is 30.8 Å². The van der Waals surface area contributed by atoms with E-state index in [-0.39, 0.29) is 32.7 Å². The van der Waals surface area contributed by atoms with Crippen molar-refractivity contribution in [1.82, 2.24) is 9.72 Å². The van der Waals surface area contributed by atoms with Crippen LogP contribution in [0.1, 0.15) is 24.3 Å². The summed E-state index contributed by atoms with van der Waals surface area (Å²) in [6, 6.07) is 10.8. The van der Waals surface area contributed by atoms with Crippen LogP contribution >= 0.6 is 11.6 Å². The minimum absolute atomic E-state index is 0.0127. The number of pyridine rings is 1. The molecule has 0 spiro atoms. The first-order valence-electron chi connectivity index (χ1n) is 11.1. The molecule has 1 fully saturated rings. The Morgan fingerprint density at radius 3 is 2.53 bits per heavy atom. The summed E-state index contributed by atoms with van der Waals surface area (Å²) in [6.07, 6.45) is -5.32. The van der Waals surface area contributed by atoms with E-state index < -0.39 is 46.2 Å². The number of methoxy groups -OCH3 is 1. The van der Waals surface area contributed by atoms with Crippen LogP contribution in [0.5, 0.6) is 5.75 Å². The first kappa shape index (κ1) is 26.0. The third kappa shape index (κ3) is 4.39. The Kier molecular flexibility index (Phi) is 6.18. The summed E-state index contributed by atoms with van der Waals surface area (Å²) in [5.41, 5.74) is -3.02. The van der Waals surface area contributed by atoms with Gasteiger partial charge in [0.25, 0.3) is 15.6 Å². The molecule has 1 aliphatic carbocycles. The number of rotatable bonds is 6. The van der Waals surface area contributed by atoms with Crippen molar-refractivity contribution in [3.63, 3.8) is 0 Å². The number of alkyl halides is 4. The Hall–Kier alpha value is -3.58. The molecule has 0 atom stereocenters. The van der Waals surface area contributed by atoms with Crippen molar-refractivity contribution in [3.05, 3.63) is 75.7 Å². The van der Waals surface area contributed by atoms with E-state index in [4.69, 9.17) is 16.3 Å². The molecule has 0 radical (unpaired) electrons. The van der Waals surface area contributed by atoms with Crippen molar-refractivity contribution in [1.29, 1.82) is 0 Å². The molecule has 200 valence electrons. The van der Waals surface area contributed by atoms with Crippen molar-refractivity contribution >= 4 is 38.3 Å². The average molecular weight is 572 g/mol. The Labute approximate surface area is 217 Å². The Morgan fingerprint density at radius 1 is 1.16 bits per heavy atom. The van der Waals surface area contributed by atoms with Gasteiger partial charge in [-0.05, 0) is 60.7 Å². The quantitative estimate of drug-likeness (QED) is 0.303. The second kappa shape index (κ2) is 9.02. The fourth-order valence-corrected chi connectivity index (χ4v) is 5.82. The highest BCUT2D eigenvalue weighted by atomic mass is 35.5. The van der Waals surface area contributed by atoms with Crippen LogP contribution in [-0.2, 0) is 10.0 Å². The SMILES string of the molecule is COc1cc([C@H]2C[C@](F)(C(F)(F)F)C2)c(Cl)cc1-n1c(=O)ccc2cc(S(=O)(=O)Nc3ccon3)ccc21. The van der Waals surface area contributed by atoms with Crippen molar-refractivity contribution < 1.29 is 35.2 Å². The standard InChI is InChI=1S/C24H18ClF4N3O5S/c1-36-20-9-16(14-11-23(26,12-14)24(27,28)29)17(25)10-19(20)32-18-4-3-15(8-13(18)2-5-22(32)33)38(34,35)31-21-6-7-37-30-21/h2-10,14H,11-12H2,1H3,(H,30,31)/t14-,23+. The van der Waals surface area contributed by atoms with Gasteiger partial charge in [0.1, 0.15) is 12.0 Å². The second-order valence-corrected chi connectivity index (χ2v) is 10.9. The number of anilines is 1. The van der Waals surface area contributed by atoms with E-state index >= 15 is 0 Å². The molecule has 1 N–H and O–H groups in total. The number of sulfonamides is 1. The van der Waals surface area contributed by atoms with E-state index in [0.717, 1.165) is 0 Å². The zero-order chi connectivity index (χ0) is 27.5. The van der Waals surface area contributed by atoms with Crippen LogP contribution in [0.3, 0.4) is 0 Å². The van der Waals surface area contributed by atoms with Gasteiger partial charge < -0.3 is 9.26 Å². The monoisotopic (exact) mass is 571 g/mol. The molecule has 0 aliphatic heterocycles. The highest BCUT2D eigenvalue weighted by molar-refractivity contribution is 7.92. The molecule has 2 aromatic heterocycles. The number of benzene rings is 2. The normalized spacial score (nSPS) is 19.8. The van der Waals surface area contributed by atoms with Crippen molar-refractivity contribution in [2.24, 2.45) is 0 Å². The first-order valence-corrected chi connectivity index (χ1v) is 12.9. The van der Waals surface area contributed by atoms with Gasteiger partial charge in [0.05, 0.1) is 23.2 Å². The van der Waals surface area contributed by atoms with Crippen LogP contribution in [-0.4, -0.2) is 37.1 Å². The van der Waals surface area contributed by atoms with Crippen LogP contribution in [0, 0.1) is 0 Å². The van der Waals surface area contributed by atoms with Gasteiger partial charge in [-0.1, -0.05) is 16.8 Å². The third-order valence-electron chi connectivity index (χ3n) is 6.48. The predicted octanol–water partition coefficient (Wildman–Crippen LogP) is 5.59. The molecule has 0 saturated heterocycles. The van der Waals surface area contributed by atoms with Crippen LogP contribution in [0.4, 0.5) is 23.4 Å². The summed E-state index contributed by atoms with van der Waals surface area (Å²) in [5, 5.41) is 3.93. The van der Waals surface area contributed by atoms with Gasteiger partial charge in [0.15, 0.2) is 5.82 Å². The molecule has 38 heavy (non-hydrogen) atoms. The van der Waals surface area contributed by atoms with Crippen molar-refractivity contribution in [3.8, 4) is 11.4 Å². The Morgan fingerprint density at radius 2 is 1.89 bits per heavy atom. The molecule has 1 saturated carbocycles. The topological polar surface area (TPSA) is 103 Å². The lowest BCUT2D eigenvalue weighted by molar-refractivity contribution is -0.259. The van der Waals surface area contributed by atoms with Crippen LogP contribution in [0.2, 0.25) is 5.02 Å². The summed E-state index contributed by atoms with van der Waals surface area (Å²) in [7, 11) is -2.72. The maximum Gasteiger partial charge on any atom is 0.422 e. The highest BCUT2D eigenvalue weighted by Crippen LogP contribution is 2.57. The third-order valence-corrected chi connectivity index (χ3v) is 8.16. The number of nitrogens with zero attached hydrogens (tertiary/aromatic N) is 2. The van der Waals surface area contributed by atoms with Gasteiger partial charge in [-0.3, -0.25) is 14.1 Å². The summed E-state index contributed by atoms with van der Waals surface area (Å²) in [5.74, 6) is -0.681. The molecule has 5 rings (SSSR count). The number of hydrogen-bond acceptors (Lipinski definition) is 6. The molecule has 14 heteroatoms. The van der Waals surface area contributed by atoms with Gasteiger partial charge in [0.2, 0.25) is 5.67 Å². The van der Waals surface area contributed by atoms with Gasteiger partial charge in [-0.15, -0.1) is 0 Å². The molecule has 4 aromatic rings. The fourth-order valence-electron chi connectivity index (χ4n) is 4.48. The molecule has 8 nitrogen and oxygen atoms in total. The lowest BCUT2D eigenvalue weighted by Gasteiger charge is -2.42. The molecule has 0 bridgehead atoms. The van der Waals surface area contributed by atoms with Crippen LogP contribution < -0.4 is 15.0 Å². The molecule has 2 heterocycles. The summed E-state index contributed by atoms with van der Waals surface area (Å²) in [6.45, 7) is 0. The number of hydrogen-bond donors (Lipinski definition) is 1. The largest absolute Gasteiger partial charge is 0.495 e. The lowest BCUT2D eigenvalue weighted by atomic mass is 9.68. The molecule has 0 unspecified atom stereocenters. The van der Waals surface area contributed by atoms with Crippen LogP contribution in [0.25, 0.3) is 16.6 Å². The highest BCUT2D eigenvalue weighted by Gasteiger charge is 2.63. The molecule has 1 aliphatic rings. The minimum atomic E-state index is -4.98. The van der Waals surface area contributed by atoms with E-state index in [1.165, 1.54) is 66.5 Å². The van der Waals surface area contributed by atoms with Gasteiger partial charge in [-0.2, -0.15) is 13.2 Å². The molecule has 2 aromatic carbocycles. The maximum absolute atomic E-state index is 14.2. The second-order valence-electron chi connectivity index (χ2n) is 8.83. The molecular weight excluding hydrogens is 554 g/mol. The van der Waals surface area contributed by atoms with E-state index in [1.54, 1.807) is 0 Å². The zero-order valence-corrected chi connectivity index (χ0v) is 21.0. The Balaban J connectivity index is 1.55. The molecule has 0 amide bonds. The number of halogens is 5. The summed E-state index contributed by atoms with van der Waals surface area (Å²) < 4.78 is 92.2. The predicted molar refractivity (Wildman–Crippen MR) is 130 cm³/mol. The lowest BCUT2D eigenvalue weighted by Crippen LogP contribution is -2.50. The van der Waals surface area contributed by atoms with Gasteiger partial charge in [-0.25, -0.2) is 12.8 Å². The van der Waals surface area contributed by atoms with Crippen LogP contribution in [0.15, 0.2) is 69.0 Å². The Bertz CT molecular complexity index is 1700. The van der Waals surface area contributed by atoms with E-state index in [1.807, 2.05) is 0 Å². The number of nitrogens with one attached hydrogen (secondary N) is 1. The maximum atomic E-state index is 14.2.